The summed E-state index contributed by atoms with van der Waals surface area (Å²) < 4.78 is 1.48. The van der Waals surface area contributed by atoms with Gasteiger partial charge in [0.05, 0.1) is 0 Å². The lowest BCUT2D eigenvalue weighted by Crippen LogP contribution is -1.99. The molecule has 1 aromatic carbocycles. The number of halogens is 2. The van der Waals surface area contributed by atoms with Crippen molar-refractivity contribution in [3.63, 3.8) is 0 Å². The molecule has 0 bridgehead atoms. The summed E-state index contributed by atoms with van der Waals surface area (Å²) in [5.41, 5.74) is 1.37. The van der Waals surface area contributed by atoms with Crippen LogP contribution in [0.2, 0.25) is 0 Å². The molecule has 1 aromatic rings. The normalized spacial score (nSPS) is 7.30. The van der Waals surface area contributed by atoms with Gasteiger partial charge in [0.15, 0.2) is 0 Å². The minimum Gasteiger partial charge on any atom is -0.120 e. The smallest absolute Gasteiger partial charge is 0.120 e. The highest BCUT2D eigenvalue weighted by molar-refractivity contribution is 8.93. The van der Waals surface area contributed by atoms with Crippen molar-refractivity contribution in [3.8, 4) is 0 Å². The molecule has 0 spiro atoms. The van der Waals surface area contributed by atoms with Crippen molar-refractivity contribution in [2.75, 3.05) is 0 Å². The van der Waals surface area contributed by atoms with Crippen molar-refractivity contribution >= 4 is 54.7 Å². The SMILES string of the molecule is Br.Br.Cc1ccc[c]([AlH2])c1. The number of hydrogen-bond acceptors (Lipinski definition) is 0. The maximum Gasteiger partial charge on any atom is 0.258 e. The van der Waals surface area contributed by atoms with Crippen LogP contribution in [0.15, 0.2) is 24.3 Å². The highest BCUT2D eigenvalue weighted by atomic mass is 79.9. The molecule has 0 saturated heterocycles. The molecule has 0 aliphatic rings. The predicted octanol–water partition coefficient (Wildman–Crippen LogP) is 1.41. The zero-order valence-electron chi connectivity index (χ0n) is 6.13. The van der Waals surface area contributed by atoms with Crippen molar-refractivity contribution < 1.29 is 0 Å². The fourth-order valence-corrected chi connectivity index (χ4v) is 1.45. The van der Waals surface area contributed by atoms with Gasteiger partial charge in [-0.05, 0) is 6.92 Å². The van der Waals surface area contributed by atoms with E-state index in [0.717, 1.165) is 0 Å². The quantitative estimate of drug-likeness (QED) is 0.631. The van der Waals surface area contributed by atoms with E-state index in [1.165, 1.54) is 26.3 Å². The van der Waals surface area contributed by atoms with Gasteiger partial charge in [0.2, 0.25) is 0 Å². The average molecular weight is 282 g/mol. The van der Waals surface area contributed by atoms with Gasteiger partial charge in [-0.1, -0.05) is 29.8 Å². The molecule has 0 atom stereocenters. The van der Waals surface area contributed by atoms with Crippen LogP contribution in [0, 0.1) is 6.92 Å². The maximum absolute atomic E-state index is 2.23. The Morgan fingerprint density at radius 3 is 2.10 bits per heavy atom. The molecule has 0 N–H and O–H groups in total. The second kappa shape index (κ2) is 6.42. The van der Waals surface area contributed by atoms with E-state index in [0.29, 0.717) is 0 Å². The highest BCUT2D eigenvalue weighted by Crippen LogP contribution is 1.89. The first-order valence-electron chi connectivity index (χ1n) is 2.82. The molecule has 0 heterocycles. The summed E-state index contributed by atoms with van der Waals surface area (Å²) in [7, 11) is 0. The average Bonchev–Trinajstić information content (AvgIpc) is 1.64. The van der Waals surface area contributed by atoms with Gasteiger partial charge in [0.1, 0.15) is 0 Å². The first kappa shape index (κ1) is 13.3. The molecule has 56 valence electrons. The maximum atomic E-state index is 2.23. The van der Waals surface area contributed by atoms with Crippen LogP contribution in [0.1, 0.15) is 5.56 Å². The zero-order chi connectivity index (χ0) is 5.98. The Morgan fingerprint density at radius 1 is 1.20 bits per heavy atom. The summed E-state index contributed by atoms with van der Waals surface area (Å²) in [6.45, 7) is 2.13. The Labute approximate surface area is 91.0 Å². The van der Waals surface area contributed by atoms with E-state index in [-0.39, 0.29) is 34.0 Å². The minimum absolute atomic E-state index is 0. The summed E-state index contributed by atoms with van der Waals surface area (Å²) in [4.78, 5) is 0. The summed E-state index contributed by atoms with van der Waals surface area (Å²) in [5.74, 6) is 0. The van der Waals surface area contributed by atoms with E-state index < -0.39 is 0 Å². The summed E-state index contributed by atoms with van der Waals surface area (Å²) in [6.07, 6.45) is 0. The highest BCUT2D eigenvalue weighted by Gasteiger charge is 1.80. The van der Waals surface area contributed by atoms with Gasteiger partial charge in [-0.3, -0.25) is 0 Å². The van der Waals surface area contributed by atoms with Crippen LogP contribution in [-0.4, -0.2) is 16.3 Å². The second-order valence-electron chi connectivity index (χ2n) is 2.16. The Morgan fingerprint density at radius 2 is 1.80 bits per heavy atom. The number of hydrogen-bond donors (Lipinski definition) is 0. The first-order chi connectivity index (χ1) is 3.79. The molecular formula is C7H11AlBr2. The van der Waals surface area contributed by atoms with Crippen molar-refractivity contribution in [1.29, 1.82) is 0 Å². The fourth-order valence-electron chi connectivity index (χ4n) is 0.807. The number of benzene rings is 1. The third kappa shape index (κ3) is 4.52. The molecule has 0 aliphatic carbocycles. The molecule has 0 aromatic heterocycles. The van der Waals surface area contributed by atoms with E-state index in [2.05, 4.69) is 31.2 Å². The van der Waals surface area contributed by atoms with E-state index in [9.17, 15) is 0 Å². The molecule has 10 heavy (non-hydrogen) atoms. The Hall–Kier alpha value is 0.712. The fraction of sp³-hybridized carbons (Fsp3) is 0.143. The van der Waals surface area contributed by atoms with Crippen molar-refractivity contribution in [3.05, 3.63) is 29.8 Å². The zero-order valence-corrected chi connectivity index (χ0v) is 11.6. The number of rotatable bonds is 0. The molecule has 0 saturated carbocycles. The lowest BCUT2D eigenvalue weighted by atomic mass is 10.2. The van der Waals surface area contributed by atoms with Crippen molar-refractivity contribution in [2.45, 2.75) is 6.92 Å². The summed E-state index contributed by atoms with van der Waals surface area (Å²) in [6, 6.07) is 8.63. The molecular weight excluding hydrogens is 271 g/mol. The van der Waals surface area contributed by atoms with Gasteiger partial charge in [-0.2, -0.15) is 0 Å². The van der Waals surface area contributed by atoms with Crippen LogP contribution in [0.25, 0.3) is 0 Å². The van der Waals surface area contributed by atoms with Gasteiger partial charge in [0.25, 0.3) is 16.3 Å². The van der Waals surface area contributed by atoms with E-state index in [1.807, 2.05) is 0 Å². The summed E-state index contributed by atoms with van der Waals surface area (Å²) >= 11 is 1.17. The Kier molecular flexibility index (Phi) is 8.55. The first-order valence-corrected chi connectivity index (χ1v) is 3.82. The van der Waals surface area contributed by atoms with Gasteiger partial charge in [-0.15, -0.1) is 38.4 Å². The third-order valence-electron chi connectivity index (χ3n) is 1.17. The van der Waals surface area contributed by atoms with Gasteiger partial charge in [0, 0.05) is 0 Å². The van der Waals surface area contributed by atoms with Crippen LogP contribution < -0.4 is 4.43 Å². The summed E-state index contributed by atoms with van der Waals surface area (Å²) in [5, 5.41) is 0. The molecule has 0 nitrogen and oxygen atoms in total. The minimum atomic E-state index is 0. The molecule has 0 amide bonds. The molecule has 0 unspecified atom stereocenters. The Balaban J connectivity index is 0. The van der Waals surface area contributed by atoms with E-state index >= 15 is 0 Å². The van der Waals surface area contributed by atoms with Crippen LogP contribution >= 0.6 is 34.0 Å². The van der Waals surface area contributed by atoms with Gasteiger partial charge >= 0.3 is 0 Å². The molecule has 0 radical (unpaired) electrons. The third-order valence-corrected chi connectivity index (χ3v) is 1.80. The van der Waals surface area contributed by atoms with Crippen LogP contribution in [0.5, 0.6) is 0 Å². The van der Waals surface area contributed by atoms with Crippen LogP contribution in [-0.2, 0) is 0 Å². The molecule has 1 rings (SSSR count). The Bertz CT molecular complexity index is 171. The van der Waals surface area contributed by atoms with Crippen molar-refractivity contribution in [1.82, 2.24) is 0 Å². The lowest BCUT2D eigenvalue weighted by molar-refractivity contribution is 1.50. The van der Waals surface area contributed by atoms with Crippen LogP contribution in [0.3, 0.4) is 0 Å². The monoisotopic (exact) mass is 280 g/mol. The predicted molar refractivity (Wildman–Crippen MR) is 60.0 cm³/mol. The number of aryl methyl sites for hydroxylation is 1. The van der Waals surface area contributed by atoms with Gasteiger partial charge < -0.3 is 0 Å². The lowest BCUT2D eigenvalue weighted by Gasteiger charge is -1.91. The molecule has 3 heteroatoms. The van der Waals surface area contributed by atoms with E-state index in [1.54, 1.807) is 0 Å². The standard InChI is InChI=1S/C7H7.Al.2BrH.2H/c1-7-5-3-2-4-6-7;;;;;/h2-3,5-6H,1H3;;2*1H;;. The van der Waals surface area contributed by atoms with E-state index in [4.69, 9.17) is 0 Å². The largest absolute Gasteiger partial charge is 0.258 e. The topological polar surface area (TPSA) is 0 Å². The van der Waals surface area contributed by atoms with Crippen molar-refractivity contribution in [2.24, 2.45) is 0 Å². The second-order valence-corrected chi connectivity index (χ2v) is 3.31. The van der Waals surface area contributed by atoms with Gasteiger partial charge in [-0.25, -0.2) is 0 Å². The van der Waals surface area contributed by atoms with Crippen LogP contribution in [0.4, 0.5) is 0 Å². The molecule has 0 fully saturated rings. The molecule has 0 aliphatic heterocycles.